The topological polar surface area (TPSA) is 68.1 Å². The van der Waals surface area contributed by atoms with Gasteiger partial charge >= 0.3 is 5.97 Å². The molecule has 0 unspecified atom stereocenters. The number of nitrogens with zero attached hydrogens (tertiary/aromatic N) is 1. The summed E-state index contributed by atoms with van der Waals surface area (Å²) in [7, 11) is 0. The number of phenolic OH excluding ortho intramolecular Hbond substituents is 1. The highest BCUT2D eigenvalue weighted by atomic mass is 35.5. The number of rotatable bonds is 4. The Balaban J connectivity index is 2.18. The van der Waals surface area contributed by atoms with Gasteiger partial charge < -0.3 is 14.6 Å². The SMILES string of the molecule is CCOC(=O)[C@]1(c2ccc(O)cc2Cl)N=C(c2ccccc2)O[C@@H]1C. The summed E-state index contributed by atoms with van der Waals surface area (Å²) in [5.41, 5.74) is -0.231. The average molecular weight is 360 g/mol. The van der Waals surface area contributed by atoms with Crippen LogP contribution in [0.15, 0.2) is 53.5 Å². The number of hydrogen-bond acceptors (Lipinski definition) is 5. The second-order valence-corrected chi connectivity index (χ2v) is 6.10. The molecule has 2 aromatic carbocycles. The van der Waals surface area contributed by atoms with Crippen LogP contribution in [0, 0.1) is 0 Å². The fourth-order valence-corrected chi connectivity index (χ4v) is 3.22. The number of hydrogen-bond donors (Lipinski definition) is 1. The molecule has 0 aliphatic carbocycles. The minimum atomic E-state index is -1.42. The number of carbonyl (C=O) groups is 1. The van der Waals surface area contributed by atoms with Gasteiger partial charge in [0, 0.05) is 11.1 Å². The van der Waals surface area contributed by atoms with Gasteiger partial charge in [-0.1, -0.05) is 35.9 Å². The van der Waals surface area contributed by atoms with Crippen LogP contribution in [0.2, 0.25) is 5.02 Å². The maximum absolute atomic E-state index is 12.9. The van der Waals surface area contributed by atoms with Gasteiger partial charge in [0.25, 0.3) is 0 Å². The van der Waals surface area contributed by atoms with Gasteiger partial charge in [0.1, 0.15) is 11.9 Å². The van der Waals surface area contributed by atoms with Crippen LogP contribution >= 0.6 is 11.6 Å². The van der Waals surface area contributed by atoms with Gasteiger partial charge in [0.2, 0.25) is 11.4 Å². The van der Waals surface area contributed by atoms with Crippen LogP contribution in [0.25, 0.3) is 0 Å². The molecule has 0 amide bonds. The number of benzene rings is 2. The van der Waals surface area contributed by atoms with Crippen LogP contribution in [0.4, 0.5) is 0 Å². The lowest BCUT2D eigenvalue weighted by Gasteiger charge is -2.28. The van der Waals surface area contributed by atoms with Gasteiger partial charge in [0.15, 0.2) is 0 Å². The number of aromatic hydroxyl groups is 1. The van der Waals surface area contributed by atoms with E-state index in [2.05, 4.69) is 4.99 Å². The molecular weight excluding hydrogens is 342 g/mol. The molecular formula is C19H18ClNO4. The van der Waals surface area contributed by atoms with Crippen LogP contribution in [0.5, 0.6) is 5.75 Å². The zero-order valence-electron chi connectivity index (χ0n) is 13.9. The monoisotopic (exact) mass is 359 g/mol. The maximum Gasteiger partial charge on any atom is 0.342 e. The fraction of sp³-hybridized carbons (Fsp3) is 0.263. The molecule has 130 valence electrons. The van der Waals surface area contributed by atoms with Crippen molar-refractivity contribution in [3.8, 4) is 5.75 Å². The zero-order valence-corrected chi connectivity index (χ0v) is 14.7. The number of phenols is 1. The maximum atomic E-state index is 12.9. The summed E-state index contributed by atoms with van der Waals surface area (Å²) in [6.45, 7) is 3.69. The number of halogens is 1. The Labute approximate surface area is 150 Å². The molecule has 6 heteroatoms. The first-order chi connectivity index (χ1) is 12.0. The third-order valence-electron chi connectivity index (χ3n) is 4.13. The van der Waals surface area contributed by atoms with Crippen LogP contribution in [-0.2, 0) is 19.8 Å². The number of carbonyl (C=O) groups excluding carboxylic acids is 1. The molecule has 0 saturated carbocycles. The molecule has 0 aromatic heterocycles. The van der Waals surface area contributed by atoms with E-state index in [9.17, 15) is 9.90 Å². The summed E-state index contributed by atoms with van der Waals surface area (Å²) in [5, 5.41) is 9.86. The lowest BCUT2D eigenvalue weighted by atomic mass is 9.86. The highest BCUT2D eigenvalue weighted by Crippen LogP contribution is 2.42. The molecule has 1 aliphatic rings. The van der Waals surface area contributed by atoms with Crippen molar-refractivity contribution in [2.45, 2.75) is 25.5 Å². The molecule has 0 bridgehead atoms. The minimum Gasteiger partial charge on any atom is -0.508 e. The Kier molecular flexibility index (Phi) is 4.68. The van der Waals surface area contributed by atoms with Gasteiger partial charge in [-0.25, -0.2) is 9.79 Å². The van der Waals surface area contributed by atoms with Gasteiger partial charge in [-0.15, -0.1) is 0 Å². The molecule has 1 heterocycles. The molecule has 0 fully saturated rings. The van der Waals surface area contributed by atoms with E-state index < -0.39 is 17.6 Å². The van der Waals surface area contributed by atoms with Crippen molar-refractivity contribution in [1.82, 2.24) is 0 Å². The Morgan fingerprint density at radius 2 is 2.04 bits per heavy atom. The van der Waals surface area contributed by atoms with E-state index in [-0.39, 0.29) is 17.4 Å². The summed E-state index contributed by atoms with van der Waals surface area (Å²) >= 11 is 6.31. The number of ether oxygens (including phenoxy) is 2. The summed E-state index contributed by atoms with van der Waals surface area (Å²) in [5.74, 6) is -0.182. The molecule has 2 atom stereocenters. The Bertz CT molecular complexity index is 821. The molecule has 2 aromatic rings. The lowest BCUT2D eigenvalue weighted by molar-refractivity contribution is -0.152. The first kappa shape index (κ1) is 17.3. The molecule has 3 rings (SSSR count). The summed E-state index contributed by atoms with van der Waals surface area (Å²) in [6, 6.07) is 13.7. The minimum absolute atomic E-state index is 0.00610. The first-order valence-corrected chi connectivity index (χ1v) is 8.35. The van der Waals surface area contributed by atoms with Crippen molar-refractivity contribution in [2.75, 3.05) is 6.61 Å². The van der Waals surface area contributed by atoms with Crippen molar-refractivity contribution >= 4 is 23.5 Å². The first-order valence-electron chi connectivity index (χ1n) is 7.97. The molecule has 0 radical (unpaired) electrons. The van der Waals surface area contributed by atoms with Crippen molar-refractivity contribution in [3.63, 3.8) is 0 Å². The third-order valence-corrected chi connectivity index (χ3v) is 4.44. The average Bonchev–Trinajstić information content (AvgIpc) is 2.94. The smallest absolute Gasteiger partial charge is 0.342 e. The van der Waals surface area contributed by atoms with E-state index in [4.69, 9.17) is 21.1 Å². The Morgan fingerprint density at radius 3 is 2.68 bits per heavy atom. The fourth-order valence-electron chi connectivity index (χ4n) is 2.90. The Hall–Kier alpha value is -2.53. The molecule has 0 spiro atoms. The number of aliphatic imine (C=N–C) groups is 1. The number of esters is 1. The highest BCUT2D eigenvalue weighted by Gasteiger charge is 2.54. The second-order valence-electron chi connectivity index (χ2n) is 5.69. The van der Waals surface area contributed by atoms with E-state index in [0.717, 1.165) is 5.56 Å². The normalized spacial score (nSPS) is 22.2. The standard InChI is InChI=1S/C19H18ClNO4/c1-3-24-18(23)19(15-10-9-14(22)11-16(15)20)12(2)25-17(21-19)13-7-5-4-6-8-13/h4-12,22H,3H2,1-2H3/t12-,19+/m1/s1. The van der Waals surface area contributed by atoms with Crippen LogP contribution in [-0.4, -0.2) is 29.7 Å². The molecule has 1 N–H and O–H groups in total. The summed E-state index contributed by atoms with van der Waals surface area (Å²) in [6.07, 6.45) is -0.621. The predicted octanol–water partition coefficient (Wildman–Crippen LogP) is 3.67. The lowest BCUT2D eigenvalue weighted by Crippen LogP contribution is -2.43. The van der Waals surface area contributed by atoms with Gasteiger partial charge in [0.05, 0.1) is 11.6 Å². The summed E-state index contributed by atoms with van der Waals surface area (Å²) in [4.78, 5) is 17.5. The van der Waals surface area contributed by atoms with Crippen molar-refractivity contribution in [2.24, 2.45) is 4.99 Å². The van der Waals surface area contributed by atoms with Crippen LogP contribution < -0.4 is 0 Å². The predicted molar refractivity (Wildman–Crippen MR) is 95.0 cm³/mol. The van der Waals surface area contributed by atoms with E-state index in [0.29, 0.717) is 11.5 Å². The quantitative estimate of drug-likeness (QED) is 0.846. The Morgan fingerprint density at radius 1 is 1.32 bits per heavy atom. The van der Waals surface area contributed by atoms with Gasteiger partial charge in [-0.2, -0.15) is 0 Å². The van der Waals surface area contributed by atoms with Crippen LogP contribution in [0.3, 0.4) is 0 Å². The largest absolute Gasteiger partial charge is 0.508 e. The van der Waals surface area contributed by atoms with E-state index in [1.807, 2.05) is 30.3 Å². The second kappa shape index (κ2) is 6.76. The highest BCUT2D eigenvalue weighted by molar-refractivity contribution is 6.32. The third kappa shape index (κ3) is 2.96. The van der Waals surface area contributed by atoms with E-state index in [1.165, 1.54) is 12.1 Å². The van der Waals surface area contributed by atoms with Crippen molar-refractivity contribution in [3.05, 3.63) is 64.7 Å². The van der Waals surface area contributed by atoms with Crippen LogP contribution in [0.1, 0.15) is 25.0 Å². The van der Waals surface area contributed by atoms with Crippen molar-refractivity contribution in [1.29, 1.82) is 0 Å². The molecule has 0 saturated heterocycles. The van der Waals surface area contributed by atoms with Gasteiger partial charge in [-0.05, 0) is 38.1 Å². The molecule has 1 aliphatic heterocycles. The van der Waals surface area contributed by atoms with Crippen molar-refractivity contribution < 1.29 is 19.4 Å². The summed E-state index contributed by atoms with van der Waals surface area (Å²) < 4.78 is 11.2. The molecule has 5 nitrogen and oxygen atoms in total. The van der Waals surface area contributed by atoms with E-state index in [1.54, 1.807) is 19.9 Å². The van der Waals surface area contributed by atoms with Gasteiger partial charge in [-0.3, -0.25) is 0 Å². The zero-order chi connectivity index (χ0) is 18.0. The molecule has 25 heavy (non-hydrogen) atoms. The van der Waals surface area contributed by atoms with E-state index >= 15 is 0 Å².